The van der Waals surface area contributed by atoms with Gasteiger partial charge in [-0.05, 0) is 74.8 Å². The van der Waals surface area contributed by atoms with Crippen molar-refractivity contribution in [3.05, 3.63) is 45.5 Å². The van der Waals surface area contributed by atoms with E-state index in [-0.39, 0.29) is 30.2 Å². The van der Waals surface area contributed by atoms with Crippen molar-refractivity contribution in [2.24, 2.45) is 17.8 Å². The van der Waals surface area contributed by atoms with Crippen molar-refractivity contribution in [3.8, 4) is 5.75 Å². The van der Waals surface area contributed by atoms with E-state index in [1.165, 1.54) is 11.0 Å². The van der Waals surface area contributed by atoms with Crippen molar-refractivity contribution < 1.29 is 24.9 Å². The van der Waals surface area contributed by atoms with Crippen LogP contribution in [0.5, 0.6) is 5.75 Å². The number of halogens is 1. The first-order valence-corrected chi connectivity index (χ1v) is 14.2. The van der Waals surface area contributed by atoms with Gasteiger partial charge in [0.1, 0.15) is 5.75 Å². The number of aromatic hydroxyl groups is 1. The molecule has 1 saturated heterocycles. The van der Waals surface area contributed by atoms with Crippen molar-refractivity contribution >= 4 is 29.5 Å². The molecule has 2 fully saturated rings. The average molecular weight is 530 g/mol. The summed E-state index contributed by atoms with van der Waals surface area (Å²) in [5.41, 5.74) is 3.60. The number of nitrogens with zero attached hydrogens (tertiary/aromatic N) is 1. The van der Waals surface area contributed by atoms with E-state index in [1.807, 2.05) is 13.0 Å². The summed E-state index contributed by atoms with van der Waals surface area (Å²) in [6.07, 6.45) is 9.48. The lowest BCUT2D eigenvalue weighted by Crippen LogP contribution is -2.42. The smallest absolute Gasteiger partial charge is 0.234 e. The van der Waals surface area contributed by atoms with Gasteiger partial charge in [0.05, 0.1) is 29.6 Å². The molecule has 1 aromatic carbocycles. The topological polar surface area (TPSA) is 98.1 Å². The van der Waals surface area contributed by atoms with Crippen LogP contribution in [-0.2, 0) is 9.59 Å². The van der Waals surface area contributed by atoms with Crippen LogP contribution in [0.15, 0.2) is 34.9 Å². The number of likely N-dealkylation sites (tertiary alicyclic amines) is 1. The number of amides is 2. The Morgan fingerprint density at radius 1 is 1.16 bits per heavy atom. The number of imide groups is 1. The lowest BCUT2D eigenvalue weighted by Gasteiger charge is -2.35. The molecule has 0 radical (unpaired) electrons. The molecule has 1 aromatic rings. The van der Waals surface area contributed by atoms with E-state index in [9.17, 15) is 24.9 Å². The summed E-state index contributed by atoms with van der Waals surface area (Å²) in [4.78, 5) is 28.4. The number of carbonyl (C=O) groups excluding carboxylic acids is 2. The van der Waals surface area contributed by atoms with E-state index < -0.39 is 23.9 Å². The third-order valence-corrected chi connectivity index (χ3v) is 8.84. The zero-order valence-corrected chi connectivity index (χ0v) is 22.7. The molecule has 1 aliphatic heterocycles. The third kappa shape index (κ3) is 5.81. The van der Waals surface area contributed by atoms with Crippen LogP contribution in [-0.4, -0.2) is 50.8 Å². The number of phenolic OH excluding ortho intramolecular Hbond substituents is 1. The number of benzene rings is 1. The van der Waals surface area contributed by atoms with Gasteiger partial charge in [-0.1, -0.05) is 61.4 Å². The zero-order valence-electron chi connectivity index (χ0n) is 22.0. The average Bonchev–Trinajstić information content (AvgIpc) is 3.12. The van der Waals surface area contributed by atoms with Gasteiger partial charge in [0.25, 0.3) is 0 Å². The standard InChI is InChI=1S/C30H40ClNO5/c1-3-7-19(15-20-11-12-22(34)16-25(20)31)10-13-26(35)27-18(2)14-23-28(24(27)17-33)30(37)32(29(23)36)21-8-5-4-6-9-21/h11-12,15-16,21,23-24,26,28,33-35H,3-10,13-14,17H2,1-2H3/b19-15+/t23-,24+,26-,28-/m1/s1. The normalized spacial score (nSPS) is 26.1. The quantitative estimate of drug-likeness (QED) is 0.284. The number of phenols is 1. The Bertz CT molecular complexity index is 1070. The second kappa shape index (κ2) is 12.1. The molecule has 4 rings (SSSR count). The molecule has 6 nitrogen and oxygen atoms in total. The summed E-state index contributed by atoms with van der Waals surface area (Å²) >= 11 is 6.31. The maximum absolute atomic E-state index is 13.6. The van der Waals surface area contributed by atoms with Gasteiger partial charge >= 0.3 is 0 Å². The Morgan fingerprint density at radius 2 is 1.89 bits per heavy atom. The second-order valence-corrected chi connectivity index (χ2v) is 11.4. The molecule has 4 atom stereocenters. The van der Waals surface area contributed by atoms with E-state index in [0.717, 1.165) is 67.2 Å². The van der Waals surface area contributed by atoms with Crippen molar-refractivity contribution in [3.63, 3.8) is 0 Å². The lowest BCUT2D eigenvalue weighted by atomic mass is 9.68. The molecule has 2 amide bonds. The minimum atomic E-state index is -0.805. The number of fused-ring (bicyclic) bond motifs is 1. The number of allylic oxidation sites excluding steroid dienone is 2. The molecule has 7 heteroatoms. The lowest BCUT2D eigenvalue weighted by molar-refractivity contribution is -0.143. The first kappa shape index (κ1) is 27.9. The highest BCUT2D eigenvalue weighted by Crippen LogP contribution is 2.47. The molecular weight excluding hydrogens is 490 g/mol. The minimum absolute atomic E-state index is 0.0270. The highest BCUT2D eigenvalue weighted by molar-refractivity contribution is 6.32. The molecule has 202 valence electrons. The number of hydrogen-bond acceptors (Lipinski definition) is 5. The summed E-state index contributed by atoms with van der Waals surface area (Å²) in [6.45, 7) is 3.76. The monoisotopic (exact) mass is 529 g/mol. The van der Waals surface area contributed by atoms with Crippen LogP contribution >= 0.6 is 11.6 Å². The van der Waals surface area contributed by atoms with Crippen LogP contribution in [0.3, 0.4) is 0 Å². The van der Waals surface area contributed by atoms with E-state index in [2.05, 4.69) is 6.92 Å². The molecule has 0 aromatic heterocycles. The summed E-state index contributed by atoms with van der Waals surface area (Å²) in [6, 6.07) is 4.87. The molecular formula is C30H40ClNO5. The van der Waals surface area contributed by atoms with Crippen LogP contribution in [0.1, 0.15) is 83.6 Å². The van der Waals surface area contributed by atoms with E-state index in [0.29, 0.717) is 24.3 Å². The molecule has 0 unspecified atom stereocenters. The van der Waals surface area contributed by atoms with Crippen LogP contribution in [0.4, 0.5) is 0 Å². The van der Waals surface area contributed by atoms with Crippen molar-refractivity contribution in [2.45, 2.75) is 90.2 Å². The summed E-state index contributed by atoms with van der Waals surface area (Å²) in [5, 5.41) is 31.9. The molecule has 1 heterocycles. The second-order valence-electron chi connectivity index (χ2n) is 11.0. The first-order chi connectivity index (χ1) is 17.8. The van der Waals surface area contributed by atoms with Crippen LogP contribution in [0.25, 0.3) is 6.08 Å². The highest BCUT2D eigenvalue weighted by atomic mass is 35.5. The number of aliphatic hydroxyl groups is 2. The SMILES string of the molecule is CCC/C(=C\c1ccc(O)cc1Cl)CC[C@@H](O)C1=C(C)C[C@H]2C(=O)N(C3CCCCC3)C(=O)[C@H]2[C@H]1CO. The maximum Gasteiger partial charge on any atom is 0.234 e. The summed E-state index contributed by atoms with van der Waals surface area (Å²) in [7, 11) is 0. The fraction of sp³-hybridized carbons (Fsp3) is 0.600. The maximum atomic E-state index is 13.6. The van der Waals surface area contributed by atoms with E-state index in [4.69, 9.17) is 11.6 Å². The summed E-state index contributed by atoms with van der Waals surface area (Å²) < 4.78 is 0. The van der Waals surface area contributed by atoms with Crippen molar-refractivity contribution in [1.29, 1.82) is 0 Å². The Balaban J connectivity index is 1.52. The molecule has 0 bridgehead atoms. The molecule has 37 heavy (non-hydrogen) atoms. The predicted octanol–water partition coefficient (Wildman–Crippen LogP) is 5.63. The van der Waals surface area contributed by atoms with Crippen LogP contribution in [0.2, 0.25) is 5.02 Å². The van der Waals surface area contributed by atoms with Gasteiger partial charge < -0.3 is 15.3 Å². The number of rotatable bonds is 9. The van der Waals surface area contributed by atoms with Gasteiger partial charge in [-0.3, -0.25) is 14.5 Å². The molecule has 1 saturated carbocycles. The molecule has 3 aliphatic rings. The van der Waals surface area contributed by atoms with Gasteiger partial charge in [0.2, 0.25) is 11.8 Å². The van der Waals surface area contributed by atoms with Gasteiger partial charge in [0, 0.05) is 12.0 Å². The zero-order chi connectivity index (χ0) is 26.7. The van der Waals surface area contributed by atoms with Gasteiger partial charge in [0.15, 0.2) is 0 Å². The van der Waals surface area contributed by atoms with Crippen LogP contribution < -0.4 is 0 Å². The van der Waals surface area contributed by atoms with Crippen LogP contribution in [0, 0.1) is 17.8 Å². The van der Waals surface area contributed by atoms with E-state index in [1.54, 1.807) is 12.1 Å². The minimum Gasteiger partial charge on any atom is -0.508 e. The molecule has 2 aliphatic carbocycles. The fourth-order valence-corrected chi connectivity index (χ4v) is 6.99. The number of carbonyl (C=O) groups is 2. The Morgan fingerprint density at radius 3 is 2.54 bits per heavy atom. The van der Waals surface area contributed by atoms with Crippen molar-refractivity contribution in [1.82, 2.24) is 4.90 Å². The summed E-state index contributed by atoms with van der Waals surface area (Å²) in [5.74, 6) is -1.70. The Hall–Kier alpha value is -2.15. The third-order valence-electron chi connectivity index (χ3n) is 8.51. The van der Waals surface area contributed by atoms with E-state index >= 15 is 0 Å². The Kier molecular flexibility index (Phi) is 9.15. The van der Waals surface area contributed by atoms with Gasteiger partial charge in [-0.15, -0.1) is 0 Å². The number of aliphatic hydroxyl groups excluding tert-OH is 2. The predicted molar refractivity (Wildman–Crippen MR) is 145 cm³/mol. The largest absolute Gasteiger partial charge is 0.508 e. The van der Waals surface area contributed by atoms with Gasteiger partial charge in [-0.2, -0.15) is 0 Å². The van der Waals surface area contributed by atoms with Crippen molar-refractivity contribution in [2.75, 3.05) is 6.61 Å². The number of hydrogen-bond donors (Lipinski definition) is 3. The highest BCUT2D eigenvalue weighted by Gasteiger charge is 2.55. The molecule has 3 N–H and O–H groups in total. The Labute approximate surface area is 225 Å². The van der Waals surface area contributed by atoms with Gasteiger partial charge in [-0.25, -0.2) is 0 Å². The first-order valence-electron chi connectivity index (χ1n) is 13.8. The fourth-order valence-electron chi connectivity index (χ4n) is 6.76. The molecule has 0 spiro atoms.